The number of piperidine rings is 1. The van der Waals surface area contributed by atoms with Gasteiger partial charge >= 0.3 is 0 Å². The van der Waals surface area contributed by atoms with Crippen LogP contribution in [0.1, 0.15) is 25.7 Å². The molecule has 11 heavy (non-hydrogen) atoms. The van der Waals surface area contributed by atoms with Gasteiger partial charge in [-0.05, 0) is 45.0 Å². The van der Waals surface area contributed by atoms with Gasteiger partial charge in [0.25, 0.3) is 0 Å². The molecular formula is C9H17NS. The van der Waals surface area contributed by atoms with Crippen molar-refractivity contribution in [2.24, 2.45) is 0 Å². The Kier molecular flexibility index (Phi) is 2.42. The van der Waals surface area contributed by atoms with Crippen molar-refractivity contribution in [3.05, 3.63) is 0 Å². The van der Waals surface area contributed by atoms with E-state index in [0.29, 0.717) is 0 Å². The van der Waals surface area contributed by atoms with Crippen LogP contribution in [0.5, 0.6) is 0 Å². The minimum Gasteiger partial charge on any atom is -0.300 e. The van der Waals surface area contributed by atoms with E-state index in [4.69, 9.17) is 0 Å². The van der Waals surface area contributed by atoms with E-state index in [-0.39, 0.29) is 0 Å². The van der Waals surface area contributed by atoms with E-state index in [2.05, 4.69) is 22.9 Å². The van der Waals surface area contributed by atoms with Gasteiger partial charge in [0, 0.05) is 11.3 Å². The summed E-state index contributed by atoms with van der Waals surface area (Å²) in [4.78, 5) is 2.69. The Bertz CT molecular complexity index is 126. The highest BCUT2D eigenvalue weighted by molar-refractivity contribution is 7.99. The molecule has 0 radical (unpaired) electrons. The third-order valence-corrected chi connectivity index (χ3v) is 4.01. The van der Waals surface area contributed by atoms with E-state index in [1.54, 1.807) is 0 Å². The van der Waals surface area contributed by atoms with Gasteiger partial charge in [0.1, 0.15) is 0 Å². The number of thioether (sulfide) groups is 1. The van der Waals surface area contributed by atoms with Crippen LogP contribution in [0.15, 0.2) is 0 Å². The second kappa shape index (κ2) is 3.36. The predicted octanol–water partition coefficient (Wildman–Crippen LogP) is 1.98. The lowest BCUT2D eigenvalue weighted by Gasteiger charge is -2.30. The Morgan fingerprint density at radius 1 is 1.09 bits per heavy atom. The summed E-state index contributed by atoms with van der Waals surface area (Å²) in [5.41, 5.74) is 0. The Morgan fingerprint density at radius 3 is 2.18 bits per heavy atom. The van der Waals surface area contributed by atoms with Gasteiger partial charge in [0.05, 0.1) is 0 Å². The van der Waals surface area contributed by atoms with Crippen LogP contribution < -0.4 is 0 Å². The van der Waals surface area contributed by atoms with Gasteiger partial charge in [0.15, 0.2) is 0 Å². The number of rotatable bonds is 2. The third-order valence-electron chi connectivity index (χ3n) is 2.87. The third kappa shape index (κ3) is 1.91. The molecule has 1 aliphatic carbocycles. The van der Waals surface area contributed by atoms with E-state index >= 15 is 0 Å². The fourth-order valence-corrected chi connectivity index (χ4v) is 2.60. The number of likely N-dealkylation sites (tertiary alicyclic amines) is 1. The van der Waals surface area contributed by atoms with Crippen molar-refractivity contribution in [2.45, 2.75) is 37.0 Å². The van der Waals surface area contributed by atoms with Gasteiger partial charge < -0.3 is 4.90 Å². The minimum atomic E-state index is 0.963. The van der Waals surface area contributed by atoms with Gasteiger partial charge in [-0.2, -0.15) is 11.8 Å². The smallest absolute Gasteiger partial charge is 0.00964 e. The highest BCUT2D eigenvalue weighted by atomic mass is 32.2. The van der Waals surface area contributed by atoms with E-state index < -0.39 is 0 Å². The first kappa shape index (κ1) is 7.93. The molecule has 1 heterocycles. The summed E-state index contributed by atoms with van der Waals surface area (Å²) in [6.45, 7) is 2.74. The standard InChI is InChI=1S/C9H17NS/c1-11-9-4-6-10(7-5-9)8-2-3-8/h8-9H,2-7H2,1H3. The zero-order valence-electron chi connectivity index (χ0n) is 7.25. The maximum Gasteiger partial charge on any atom is 0.00964 e. The van der Waals surface area contributed by atoms with E-state index in [9.17, 15) is 0 Å². The quantitative estimate of drug-likeness (QED) is 0.625. The highest BCUT2D eigenvalue weighted by Crippen LogP contribution is 2.31. The molecule has 0 unspecified atom stereocenters. The number of nitrogens with zero attached hydrogens (tertiary/aromatic N) is 1. The summed E-state index contributed by atoms with van der Waals surface area (Å²) >= 11 is 2.05. The first-order valence-corrected chi connectivity index (χ1v) is 5.96. The molecule has 1 nitrogen and oxygen atoms in total. The SMILES string of the molecule is CSC1CCN(C2CC2)CC1. The van der Waals surface area contributed by atoms with E-state index in [1.165, 1.54) is 38.8 Å². The lowest BCUT2D eigenvalue weighted by Crippen LogP contribution is -2.36. The largest absolute Gasteiger partial charge is 0.300 e. The lowest BCUT2D eigenvalue weighted by molar-refractivity contribution is 0.223. The Balaban J connectivity index is 1.75. The molecule has 0 bridgehead atoms. The normalized spacial score (nSPS) is 29.2. The Labute approximate surface area is 73.5 Å². The molecule has 0 spiro atoms. The van der Waals surface area contributed by atoms with Crippen molar-refractivity contribution >= 4 is 11.8 Å². The summed E-state index contributed by atoms with van der Waals surface area (Å²) in [7, 11) is 0. The average molecular weight is 171 g/mol. The fourth-order valence-electron chi connectivity index (χ4n) is 1.92. The Morgan fingerprint density at radius 2 is 1.73 bits per heavy atom. The van der Waals surface area contributed by atoms with Crippen LogP contribution in [0.4, 0.5) is 0 Å². The molecular weight excluding hydrogens is 154 g/mol. The molecule has 2 rings (SSSR count). The number of hydrogen-bond acceptors (Lipinski definition) is 2. The summed E-state index contributed by atoms with van der Waals surface area (Å²) in [6, 6.07) is 0.998. The molecule has 0 aromatic rings. The maximum absolute atomic E-state index is 2.69. The lowest BCUT2D eigenvalue weighted by atomic mass is 10.1. The van der Waals surface area contributed by atoms with Crippen molar-refractivity contribution in [1.82, 2.24) is 4.90 Å². The van der Waals surface area contributed by atoms with Gasteiger partial charge in [-0.25, -0.2) is 0 Å². The zero-order valence-corrected chi connectivity index (χ0v) is 8.07. The van der Waals surface area contributed by atoms with E-state index in [0.717, 1.165) is 11.3 Å². The molecule has 1 aliphatic heterocycles. The van der Waals surface area contributed by atoms with E-state index in [1.807, 2.05) is 0 Å². The summed E-state index contributed by atoms with van der Waals surface area (Å²) in [5, 5.41) is 0.963. The first-order valence-electron chi connectivity index (χ1n) is 4.67. The molecule has 1 saturated carbocycles. The predicted molar refractivity (Wildman–Crippen MR) is 51.1 cm³/mol. The van der Waals surface area contributed by atoms with Crippen LogP contribution in [0.3, 0.4) is 0 Å². The first-order chi connectivity index (χ1) is 5.40. The number of hydrogen-bond donors (Lipinski definition) is 0. The molecule has 2 aliphatic rings. The van der Waals surface area contributed by atoms with Crippen LogP contribution in [0.2, 0.25) is 0 Å². The Hall–Kier alpha value is 0.310. The van der Waals surface area contributed by atoms with Crippen LogP contribution in [0, 0.1) is 0 Å². The van der Waals surface area contributed by atoms with Crippen LogP contribution in [-0.4, -0.2) is 35.5 Å². The summed E-state index contributed by atoms with van der Waals surface area (Å²) in [6.07, 6.45) is 8.06. The molecule has 2 heteroatoms. The van der Waals surface area contributed by atoms with Crippen molar-refractivity contribution in [2.75, 3.05) is 19.3 Å². The van der Waals surface area contributed by atoms with Crippen LogP contribution in [-0.2, 0) is 0 Å². The fraction of sp³-hybridized carbons (Fsp3) is 1.00. The van der Waals surface area contributed by atoms with Gasteiger partial charge in [0.2, 0.25) is 0 Å². The van der Waals surface area contributed by atoms with Crippen LogP contribution >= 0.6 is 11.8 Å². The minimum absolute atomic E-state index is 0.963. The van der Waals surface area contributed by atoms with Crippen LogP contribution in [0.25, 0.3) is 0 Å². The maximum atomic E-state index is 2.69. The average Bonchev–Trinajstić information content (AvgIpc) is 2.87. The van der Waals surface area contributed by atoms with Gasteiger partial charge in [-0.3, -0.25) is 0 Å². The van der Waals surface area contributed by atoms with Gasteiger partial charge in [-0.1, -0.05) is 0 Å². The zero-order chi connectivity index (χ0) is 7.68. The molecule has 0 aromatic carbocycles. The highest BCUT2D eigenvalue weighted by Gasteiger charge is 2.31. The monoisotopic (exact) mass is 171 g/mol. The topological polar surface area (TPSA) is 3.24 Å². The molecule has 0 N–H and O–H groups in total. The molecule has 0 amide bonds. The van der Waals surface area contributed by atoms with Crippen molar-refractivity contribution in [3.8, 4) is 0 Å². The summed E-state index contributed by atoms with van der Waals surface area (Å²) in [5.74, 6) is 0. The van der Waals surface area contributed by atoms with Crippen molar-refractivity contribution in [1.29, 1.82) is 0 Å². The van der Waals surface area contributed by atoms with Crippen molar-refractivity contribution in [3.63, 3.8) is 0 Å². The molecule has 0 aromatic heterocycles. The molecule has 64 valence electrons. The molecule has 1 saturated heterocycles. The van der Waals surface area contributed by atoms with Crippen molar-refractivity contribution < 1.29 is 0 Å². The van der Waals surface area contributed by atoms with Gasteiger partial charge in [-0.15, -0.1) is 0 Å². The second-order valence-corrected chi connectivity index (χ2v) is 4.84. The molecule has 2 fully saturated rings. The summed E-state index contributed by atoms with van der Waals surface area (Å²) < 4.78 is 0. The molecule has 0 atom stereocenters. The second-order valence-electron chi connectivity index (χ2n) is 3.70.